The molecule has 1 aliphatic heterocycles. The van der Waals surface area contributed by atoms with Crippen LogP contribution in [0.5, 0.6) is 0 Å². The smallest absolute Gasteiger partial charge is 0.255 e. The zero-order valence-corrected chi connectivity index (χ0v) is 14.7. The first-order valence-electron chi connectivity index (χ1n) is 8.74. The first-order valence-corrected chi connectivity index (χ1v) is 8.74. The molecule has 0 saturated carbocycles. The monoisotopic (exact) mass is 357 g/mol. The van der Waals surface area contributed by atoms with Crippen molar-refractivity contribution in [2.45, 2.75) is 13.1 Å². The van der Waals surface area contributed by atoms with E-state index in [0.29, 0.717) is 35.6 Å². The highest BCUT2D eigenvalue weighted by Gasteiger charge is 2.23. The van der Waals surface area contributed by atoms with Crippen molar-refractivity contribution in [3.05, 3.63) is 95.1 Å². The number of carbonyl (C=O) groups excluding carboxylic acids is 2. The van der Waals surface area contributed by atoms with Crippen molar-refractivity contribution >= 4 is 23.2 Å². The maximum Gasteiger partial charge on any atom is 0.255 e. The first-order chi connectivity index (χ1) is 13.1. The van der Waals surface area contributed by atoms with Crippen LogP contribution in [-0.2, 0) is 13.1 Å². The first kappa shape index (κ1) is 16.8. The molecule has 3 aromatic rings. The maximum atomic E-state index is 12.7. The molecule has 0 unspecified atom stereocenters. The van der Waals surface area contributed by atoms with Gasteiger partial charge in [-0.3, -0.25) is 9.59 Å². The van der Waals surface area contributed by atoms with Crippen LogP contribution >= 0.6 is 0 Å². The number of benzene rings is 3. The van der Waals surface area contributed by atoms with Gasteiger partial charge in [0.25, 0.3) is 11.8 Å². The Balaban J connectivity index is 1.45. The molecule has 0 bridgehead atoms. The Labute approximate surface area is 157 Å². The van der Waals surface area contributed by atoms with Gasteiger partial charge >= 0.3 is 0 Å². The van der Waals surface area contributed by atoms with Gasteiger partial charge in [-0.2, -0.15) is 0 Å². The lowest BCUT2D eigenvalue weighted by Gasteiger charge is -2.15. The Hall–Kier alpha value is -3.60. The van der Waals surface area contributed by atoms with Crippen LogP contribution in [0.4, 0.5) is 11.4 Å². The second-order valence-corrected chi connectivity index (χ2v) is 6.55. The maximum absolute atomic E-state index is 12.7. The minimum absolute atomic E-state index is 0.0366. The lowest BCUT2D eigenvalue weighted by molar-refractivity contribution is 0.0751. The minimum Gasteiger partial charge on any atom is -0.397 e. The molecule has 4 rings (SSSR count). The number of fused-ring (bicyclic) bond motifs is 1. The van der Waals surface area contributed by atoms with Crippen LogP contribution in [-0.4, -0.2) is 16.7 Å². The van der Waals surface area contributed by atoms with E-state index in [4.69, 9.17) is 5.73 Å². The van der Waals surface area contributed by atoms with Gasteiger partial charge in [0, 0.05) is 24.2 Å². The van der Waals surface area contributed by atoms with Crippen molar-refractivity contribution in [3.63, 3.8) is 0 Å². The fourth-order valence-corrected chi connectivity index (χ4v) is 3.23. The van der Waals surface area contributed by atoms with Gasteiger partial charge in [0.2, 0.25) is 0 Å². The molecular weight excluding hydrogens is 338 g/mol. The number of rotatable bonds is 3. The number of nitrogen functional groups attached to an aromatic ring is 1. The van der Waals surface area contributed by atoms with Crippen molar-refractivity contribution < 1.29 is 9.59 Å². The topological polar surface area (TPSA) is 75.4 Å². The lowest BCUT2D eigenvalue weighted by Crippen LogP contribution is -2.25. The third-order valence-corrected chi connectivity index (χ3v) is 4.73. The van der Waals surface area contributed by atoms with E-state index in [2.05, 4.69) is 5.32 Å². The van der Waals surface area contributed by atoms with E-state index < -0.39 is 0 Å². The molecule has 2 amide bonds. The van der Waals surface area contributed by atoms with E-state index in [9.17, 15) is 9.59 Å². The van der Waals surface area contributed by atoms with Crippen LogP contribution in [0, 0.1) is 0 Å². The van der Waals surface area contributed by atoms with E-state index >= 15 is 0 Å². The molecule has 0 atom stereocenters. The molecular formula is C22H19N3O2. The van der Waals surface area contributed by atoms with E-state index in [1.165, 1.54) is 11.1 Å². The van der Waals surface area contributed by atoms with Crippen LogP contribution in [0.2, 0.25) is 0 Å². The van der Waals surface area contributed by atoms with E-state index in [0.717, 1.165) is 0 Å². The number of nitrogens with one attached hydrogen (secondary N) is 1. The average molecular weight is 357 g/mol. The molecule has 3 aromatic carbocycles. The fourth-order valence-electron chi connectivity index (χ4n) is 3.23. The molecule has 0 saturated heterocycles. The summed E-state index contributed by atoms with van der Waals surface area (Å²) in [4.78, 5) is 26.9. The highest BCUT2D eigenvalue weighted by Crippen LogP contribution is 2.24. The SMILES string of the molecule is Nc1ccccc1NC(=O)c1ccc(C(=O)N2Cc3ccccc3C2)cc1. The molecule has 5 heteroatoms. The summed E-state index contributed by atoms with van der Waals surface area (Å²) < 4.78 is 0. The van der Waals surface area contributed by atoms with Crippen LogP contribution < -0.4 is 11.1 Å². The summed E-state index contributed by atoms with van der Waals surface area (Å²) in [5.74, 6) is -0.300. The number of anilines is 2. The molecule has 0 aromatic heterocycles. The van der Waals surface area contributed by atoms with Crippen molar-refractivity contribution in [3.8, 4) is 0 Å². The Morgan fingerprint density at radius 1 is 0.778 bits per heavy atom. The van der Waals surface area contributed by atoms with Gasteiger partial charge in [0.1, 0.15) is 0 Å². The highest BCUT2D eigenvalue weighted by molar-refractivity contribution is 6.06. The summed E-state index contributed by atoms with van der Waals surface area (Å²) in [5, 5.41) is 2.78. The summed E-state index contributed by atoms with van der Waals surface area (Å²) in [6, 6.07) is 21.8. The fraction of sp³-hybridized carbons (Fsp3) is 0.0909. The molecule has 27 heavy (non-hydrogen) atoms. The number of hydrogen-bond acceptors (Lipinski definition) is 3. The normalized spacial score (nSPS) is 12.5. The van der Waals surface area contributed by atoms with Crippen LogP contribution in [0.15, 0.2) is 72.8 Å². The Bertz CT molecular complexity index is 987. The number of para-hydroxylation sites is 2. The lowest BCUT2D eigenvalue weighted by atomic mass is 10.1. The molecule has 5 nitrogen and oxygen atoms in total. The summed E-state index contributed by atoms with van der Waals surface area (Å²) in [5.41, 5.74) is 10.3. The van der Waals surface area contributed by atoms with Gasteiger partial charge in [-0.25, -0.2) is 0 Å². The largest absolute Gasteiger partial charge is 0.397 e. The number of hydrogen-bond donors (Lipinski definition) is 2. The Kier molecular flexibility index (Phi) is 4.34. The zero-order valence-electron chi connectivity index (χ0n) is 14.7. The van der Waals surface area contributed by atoms with Crippen molar-refractivity contribution in [2.24, 2.45) is 0 Å². The van der Waals surface area contributed by atoms with Crippen molar-refractivity contribution in [2.75, 3.05) is 11.1 Å². The van der Waals surface area contributed by atoms with Crippen LogP contribution in [0.25, 0.3) is 0 Å². The number of amides is 2. The van der Waals surface area contributed by atoms with Crippen molar-refractivity contribution in [1.29, 1.82) is 0 Å². The third-order valence-electron chi connectivity index (χ3n) is 4.73. The third kappa shape index (κ3) is 3.40. The molecule has 0 aliphatic carbocycles. The molecule has 1 heterocycles. The van der Waals surface area contributed by atoms with Gasteiger partial charge < -0.3 is 16.0 Å². The molecule has 134 valence electrons. The minimum atomic E-state index is -0.263. The predicted molar refractivity (Wildman–Crippen MR) is 105 cm³/mol. The van der Waals surface area contributed by atoms with E-state index in [-0.39, 0.29) is 11.8 Å². The average Bonchev–Trinajstić information content (AvgIpc) is 3.13. The zero-order chi connectivity index (χ0) is 18.8. The standard InChI is InChI=1S/C22H19N3O2/c23-19-7-3-4-8-20(19)24-21(26)15-9-11-16(12-10-15)22(27)25-13-17-5-1-2-6-18(17)14-25/h1-12H,13-14,23H2,(H,24,26). The van der Waals surface area contributed by atoms with Gasteiger partial charge in [0.05, 0.1) is 11.4 Å². The number of carbonyl (C=O) groups is 2. The van der Waals surface area contributed by atoms with E-state index in [1.54, 1.807) is 36.4 Å². The van der Waals surface area contributed by atoms with Gasteiger partial charge in [0.15, 0.2) is 0 Å². The molecule has 0 radical (unpaired) electrons. The molecule has 0 spiro atoms. The summed E-state index contributed by atoms with van der Waals surface area (Å²) in [6.07, 6.45) is 0. The molecule has 0 fully saturated rings. The molecule has 1 aliphatic rings. The second kappa shape index (κ2) is 6.96. The van der Waals surface area contributed by atoms with E-state index in [1.807, 2.05) is 41.3 Å². The second-order valence-electron chi connectivity index (χ2n) is 6.55. The summed E-state index contributed by atoms with van der Waals surface area (Å²) in [6.45, 7) is 1.23. The predicted octanol–water partition coefficient (Wildman–Crippen LogP) is 3.68. The Morgan fingerprint density at radius 2 is 1.33 bits per heavy atom. The quantitative estimate of drug-likeness (QED) is 0.702. The highest BCUT2D eigenvalue weighted by atomic mass is 16.2. The number of nitrogens with two attached hydrogens (primary N) is 1. The number of nitrogens with zero attached hydrogens (tertiary/aromatic N) is 1. The summed E-state index contributed by atoms with van der Waals surface area (Å²) >= 11 is 0. The molecule has 3 N–H and O–H groups in total. The Morgan fingerprint density at radius 3 is 1.96 bits per heavy atom. The summed E-state index contributed by atoms with van der Waals surface area (Å²) in [7, 11) is 0. The van der Waals surface area contributed by atoms with Crippen molar-refractivity contribution in [1.82, 2.24) is 4.90 Å². The van der Waals surface area contributed by atoms with Gasteiger partial charge in [-0.15, -0.1) is 0 Å². The van der Waals surface area contributed by atoms with Gasteiger partial charge in [-0.1, -0.05) is 36.4 Å². The van der Waals surface area contributed by atoms with Crippen LogP contribution in [0.1, 0.15) is 31.8 Å². The van der Waals surface area contributed by atoms with Crippen LogP contribution in [0.3, 0.4) is 0 Å². The van der Waals surface area contributed by atoms with Gasteiger partial charge in [-0.05, 0) is 47.5 Å².